The summed E-state index contributed by atoms with van der Waals surface area (Å²) in [6, 6.07) is 10.8. The fourth-order valence-electron chi connectivity index (χ4n) is 5.07. The van der Waals surface area contributed by atoms with Gasteiger partial charge in [-0.3, -0.25) is 9.59 Å². The van der Waals surface area contributed by atoms with Crippen molar-refractivity contribution in [1.29, 1.82) is 0 Å². The number of para-hydroxylation sites is 1. The molecule has 1 aliphatic rings. The predicted molar refractivity (Wildman–Crippen MR) is 147 cm³/mol. The van der Waals surface area contributed by atoms with Crippen LogP contribution < -0.4 is 9.47 Å². The second-order valence-corrected chi connectivity index (χ2v) is 9.84. The quantitative estimate of drug-likeness (QED) is 0.177. The highest BCUT2D eigenvalue weighted by molar-refractivity contribution is 5.97. The van der Waals surface area contributed by atoms with E-state index in [1.807, 2.05) is 13.0 Å². The number of amides is 1. The van der Waals surface area contributed by atoms with Gasteiger partial charge in [0.15, 0.2) is 17.4 Å². The van der Waals surface area contributed by atoms with Gasteiger partial charge in [-0.15, -0.1) is 0 Å². The summed E-state index contributed by atoms with van der Waals surface area (Å²) >= 11 is 0. The van der Waals surface area contributed by atoms with Crippen molar-refractivity contribution in [3.8, 4) is 11.5 Å². The molecule has 1 amide bonds. The molecule has 0 N–H and O–H groups in total. The van der Waals surface area contributed by atoms with E-state index in [1.54, 1.807) is 24.3 Å². The first-order valence-electron chi connectivity index (χ1n) is 13.4. The number of ketones is 1. The Balaban J connectivity index is 1.77. The Hall–Kier alpha value is -4.14. The fourth-order valence-corrected chi connectivity index (χ4v) is 5.07. The van der Waals surface area contributed by atoms with E-state index in [9.17, 15) is 22.8 Å². The van der Waals surface area contributed by atoms with Crippen molar-refractivity contribution < 1.29 is 36.6 Å². The molecule has 0 fully saturated rings. The summed E-state index contributed by atoms with van der Waals surface area (Å²) < 4.78 is 67.8. The minimum Gasteiger partial charge on any atom is -0.496 e. The topological polar surface area (TPSA) is 55.8 Å². The van der Waals surface area contributed by atoms with Crippen LogP contribution in [-0.4, -0.2) is 30.8 Å². The third kappa shape index (κ3) is 6.29. The zero-order chi connectivity index (χ0) is 29.7. The van der Waals surface area contributed by atoms with Gasteiger partial charge in [0.1, 0.15) is 17.3 Å². The van der Waals surface area contributed by atoms with Gasteiger partial charge >= 0.3 is 0 Å². The Bertz CT molecular complexity index is 1470. The molecule has 0 saturated carbocycles. The van der Waals surface area contributed by atoms with E-state index in [-0.39, 0.29) is 12.2 Å². The van der Waals surface area contributed by atoms with Gasteiger partial charge in [0.25, 0.3) is 5.91 Å². The SMILES string of the molecule is CCCCC(=O)CCc1cccc(C2CC(c3ccc(F)cc3)=CN2C(=O)c2cc(F)c(F)c(OC)c2F)c1OC. The molecular formula is C32H31F4NO4. The Morgan fingerprint density at radius 1 is 0.927 bits per heavy atom. The van der Waals surface area contributed by atoms with Crippen LogP contribution in [0.4, 0.5) is 17.6 Å². The van der Waals surface area contributed by atoms with Crippen molar-refractivity contribution in [2.45, 2.75) is 51.5 Å². The summed E-state index contributed by atoms with van der Waals surface area (Å²) in [7, 11) is 2.46. The van der Waals surface area contributed by atoms with Gasteiger partial charge in [-0.2, -0.15) is 4.39 Å². The van der Waals surface area contributed by atoms with E-state index in [0.717, 1.165) is 25.5 Å². The molecule has 0 spiro atoms. The number of unbranched alkanes of at least 4 members (excludes halogenated alkanes) is 1. The Morgan fingerprint density at radius 2 is 1.63 bits per heavy atom. The molecule has 1 aliphatic heterocycles. The average Bonchev–Trinajstić information content (AvgIpc) is 3.42. The summed E-state index contributed by atoms with van der Waals surface area (Å²) in [5.41, 5.74) is 1.91. The number of aryl methyl sites for hydroxylation is 1. The van der Waals surface area contributed by atoms with Gasteiger partial charge in [-0.05, 0) is 54.2 Å². The largest absolute Gasteiger partial charge is 0.496 e. The smallest absolute Gasteiger partial charge is 0.261 e. The van der Waals surface area contributed by atoms with Crippen LogP contribution in [0.3, 0.4) is 0 Å². The zero-order valence-corrected chi connectivity index (χ0v) is 23.1. The van der Waals surface area contributed by atoms with Crippen LogP contribution >= 0.6 is 0 Å². The third-order valence-electron chi connectivity index (χ3n) is 7.22. The van der Waals surface area contributed by atoms with Gasteiger partial charge in [0.05, 0.1) is 25.8 Å². The number of Topliss-reactive ketones (excluding diaryl/α,β-unsaturated/α-hetero) is 1. The molecule has 0 aliphatic carbocycles. The lowest BCUT2D eigenvalue weighted by molar-refractivity contribution is -0.119. The predicted octanol–water partition coefficient (Wildman–Crippen LogP) is 7.58. The van der Waals surface area contributed by atoms with Crippen molar-refractivity contribution in [2.75, 3.05) is 14.2 Å². The zero-order valence-electron chi connectivity index (χ0n) is 23.1. The number of carbonyl (C=O) groups is 2. The third-order valence-corrected chi connectivity index (χ3v) is 7.22. The second kappa shape index (κ2) is 13.0. The van der Waals surface area contributed by atoms with E-state index in [2.05, 4.69) is 4.74 Å². The molecular weight excluding hydrogens is 538 g/mol. The van der Waals surface area contributed by atoms with Gasteiger partial charge in [-0.25, -0.2) is 13.2 Å². The minimum absolute atomic E-state index is 0.139. The second-order valence-electron chi connectivity index (χ2n) is 9.84. The number of benzene rings is 3. The lowest BCUT2D eigenvalue weighted by Gasteiger charge is -2.27. The Kier molecular flexibility index (Phi) is 9.47. The number of ether oxygens (including phenoxy) is 2. The van der Waals surface area contributed by atoms with Crippen molar-refractivity contribution >= 4 is 17.3 Å². The van der Waals surface area contributed by atoms with Crippen molar-refractivity contribution in [2.24, 2.45) is 0 Å². The molecule has 3 aromatic carbocycles. The highest BCUT2D eigenvalue weighted by Gasteiger charge is 2.36. The minimum atomic E-state index is -1.54. The normalized spacial score (nSPS) is 14.7. The van der Waals surface area contributed by atoms with Crippen LogP contribution in [0.2, 0.25) is 0 Å². The van der Waals surface area contributed by atoms with Crippen LogP contribution in [0.5, 0.6) is 11.5 Å². The molecule has 1 heterocycles. The van der Waals surface area contributed by atoms with Crippen LogP contribution in [0.1, 0.15) is 72.1 Å². The number of hydrogen-bond acceptors (Lipinski definition) is 4. The molecule has 41 heavy (non-hydrogen) atoms. The summed E-state index contributed by atoms with van der Waals surface area (Å²) in [6.07, 6.45) is 4.72. The average molecular weight is 570 g/mol. The lowest BCUT2D eigenvalue weighted by Crippen LogP contribution is -2.29. The Labute approximate surface area is 236 Å². The number of rotatable bonds is 11. The van der Waals surface area contributed by atoms with Crippen molar-refractivity contribution in [1.82, 2.24) is 4.90 Å². The van der Waals surface area contributed by atoms with E-state index in [1.165, 1.54) is 30.3 Å². The standard InChI is InChI=1S/C32H31F4NO4/c1-4-5-8-23(38)15-12-20-7-6-9-24(30(20)40-2)27-16-21(19-10-13-22(33)14-11-19)18-37(27)32(39)25-17-26(34)29(36)31(41-3)28(25)35/h6-7,9-11,13-14,17-18,27H,4-5,8,12,15-16H2,1-3H3. The molecule has 0 bridgehead atoms. The van der Waals surface area contributed by atoms with Crippen molar-refractivity contribution in [3.05, 3.63) is 100 Å². The summed E-state index contributed by atoms with van der Waals surface area (Å²) in [4.78, 5) is 27.3. The molecule has 4 rings (SSSR count). The van der Waals surface area contributed by atoms with Crippen molar-refractivity contribution in [3.63, 3.8) is 0 Å². The highest BCUT2D eigenvalue weighted by atomic mass is 19.2. The molecule has 216 valence electrons. The maximum absolute atomic E-state index is 15.2. The van der Waals surface area contributed by atoms with E-state index in [4.69, 9.17) is 4.74 Å². The fraction of sp³-hybridized carbons (Fsp3) is 0.312. The van der Waals surface area contributed by atoms with Gasteiger partial charge in [0.2, 0.25) is 5.82 Å². The number of halogens is 4. The van der Waals surface area contributed by atoms with Gasteiger partial charge in [-0.1, -0.05) is 43.7 Å². The molecule has 0 radical (unpaired) electrons. The molecule has 5 nitrogen and oxygen atoms in total. The summed E-state index contributed by atoms with van der Waals surface area (Å²) in [5, 5.41) is 0. The van der Waals surface area contributed by atoms with Gasteiger partial charge < -0.3 is 14.4 Å². The molecule has 1 unspecified atom stereocenters. The monoisotopic (exact) mass is 569 g/mol. The van der Waals surface area contributed by atoms with E-state index >= 15 is 4.39 Å². The summed E-state index contributed by atoms with van der Waals surface area (Å²) in [5.74, 6) is -6.05. The molecule has 0 aromatic heterocycles. The molecule has 3 aromatic rings. The van der Waals surface area contributed by atoms with E-state index < -0.39 is 46.5 Å². The molecule has 9 heteroatoms. The van der Waals surface area contributed by atoms with E-state index in [0.29, 0.717) is 47.8 Å². The Morgan fingerprint density at radius 3 is 2.29 bits per heavy atom. The van der Waals surface area contributed by atoms with Gasteiger partial charge in [0, 0.05) is 24.6 Å². The molecule has 1 atom stereocenters. The number of methoxy groups -OCH3 is 2. The maximum Gasteiger partial charge on any atom is 0.261 e. The summed E-state index contributed by atoms with van der Waals surface area (Å²) in [6.45, 7) is 2.02. The van der Waals surface area contributed by atoms with Crippen LogP contribution in [0, 0.1) is 23.3 Å². The first-order chi connectivity index (χ1) is 19.7. The molecule has 0 saturated heterocycles. The van der Waals surface area contributed by atoms with Crippen LogP contribution in [0.25, 0.3) is 5.57 Å². The first kappa shape index (κ1) is 29.8. The first-order valence-corrected chi connectivity index (χ1v) is 13.4. The number of nitrogens with zero attached hydrogens (tertiary/aromatic N) is 1. The maximum atomic E-state index is 15.2. The van der Waals surface area contributed by atoms with Crippen LogP contribution in [-0.2, 0) is 11.2 Å². The number of carbonyl (C=O) groups excluding carboxylic acids is 2. The number of hydrogen-bond donors (Lipinski definition) is 0. The lowest BCUT2D eigenvalue weighted by atomic mass is 9.93. The van der Waals surface area contributed by atoms with Crippen LogP contribution in [0.15, 0.2) is 54.7 Å². The highest BCUT2D eigenvalue weighted by Crippen LogP contribution is 2.44.